The third-order valence-corrected chi connectivity index (χ3v) is 3.11. The summed E-state index contributed by atoms with van der Waals surface area (Å²) in [4.78, 5) is 0. The average molecular weight is 217 g/mol. The number of hydrogen-bond acceptors (Lipinski definition) is 3. The molecule has 5 heteroatoms. The van der Waals surface area contributed by atoms with Crippen molar-refractivity contribution in [2.75, 3.05) is 13.2 Å². The SMILES string of the molecule is CCCCOS(=O)(=O)N1C=CC=CC1. The predicted molar refractivity (Wildman–Crippen MR) is 54.8 cm³/mol. The lowest BCUT2D eigenvalue weighted by Gasteiger charge is -2.19. The Hall–Kier alpha value is -0.810. The summed E-state index contributed by atoms with van der Waals surface area (Å²) in [6.45, 7) is 2.59. The van der Waals surface area contributed by atoms with Crippen molar-refractivity contribution >= 4 is 10.3 Å². The third-order valence-electron chi connectivity index (χ3n) is 1.80. The Morgan fingerprint density at radius 2 is 2.21 bits per heavy atom. The van der Waals surface area contributed by atoms with E-state index in [9.17, 15) is 8.42 Å². The smallest absolute Gasteiger partial charge is 0.254 e. The number of allylic oxidation sites excluding steroid dienone is 2. The Kier molecular flexibility index (Phi) is 4.16. The van der Waals surface area contributed by atoms with Crippen LogP contribution in [0.25, 0.3) is 0 Å². The maximum absolute atomic E-state index is 11.5. The Bertz CT molecular complexity index is 319. The highest BCUT2D eigenvalue weighted by Crippen LogP contribution is 2.08. The lowest BCUT2D eigenvalue weighted by Crippen LogP contribution is -2.29. The zero-order valence-electron chi connectivity index (χ0n) is 8.22. The zero-order chi connectivity index (χ0) is 10.4. The fraction of sp³-hybridized carbons (Fsp3) is 0.556. The van der Waals surface area contributed by atoms with Crippen LogP contribution >= 0.6 is 0 Å². The molecule has 0 aromatic carbocycles. The molecule has 0 spiro atoms. The van der Waals surface area contributed by atoms with Crippen molar-refractivity contribution < 1.29 is 12.6 Å². The molecule has 1 heterocycles. The van der Waals surface area contributed by atoms with Gasteiger partial charge in [0.2, 0.25) is 0 Å². The molecule has 0 radical (unpaired) electrons. The van der Waals surface area contributed by atoms with Gasteiger partial charge in [0.1, 0.15) is 0 Å². The van der Waals surface area contributed by atoms with Crippen molar-refractivity contribution in [3.8, 4) is 0 Å². The Labute approximate surface area is 85.1 Å². The summed E-state index contributed by atoms with van der Waals surface area (Å²) in [6, 6.07) is 0. The van der Waals surface area contributed by atoms with Gasteiger partial charge in [-0.25, -0.2) is 0 Å². The van der Waals surface area contributed by atoms with Crippen molar-refractivity contribution in [3.63, 3.8) is 0 Å². The van der Waals surface area contributed by atoms with Crippen molar-refractivity contribution in [1.29, 1.82) is 0 Å². The van der Waals surface area contributed by atoms with Crippen LogP contribution in [-0.4, -0.2) is 25.9 Å². The van der Waals surface area contributed by atoms with Gasteiger partial charge in [-0.05, 0) is 12.5 Å². The summed E-state index contributed by atoms with van der Waals surface area (Å²) in [5.74, 6) is 0. The molecule has 0 saturated heterocycles. The molecule has 0 saturated carbocycles. The molecular weight excluding hydrogens is 202 g/mol. The van der Waals surface area contributed by atoms with Crippen LogP contribution < -0.4 is 0 Å². The molecule has 0 atom stereocenters. The third kappa shape index (κ3) is 3.16. The number of hydrogen-bond donors (Lipinski definition) is 0. The largest absolute Gasteiger partial charge is 0.362 e. The first-order valence-electron chi connectivity index (χ1n) is 4.66. The van der Waals surface area contributed by atoms with Crippen molar-refractivity contribution in [3.05, 3.63) is 24.4 Å². The molecule has 1 aliphatic heterocycles. The van der Waals surface area contributed by atoms with Gasteiger partial charge in [0, 0.05) is 6.20 Å². The molecule has 0 unspecified atom stereocenters. The van der Waals surface area contributed by atoms with E-state index >= 15 is 0 Å². The predicted octanol–water partition coefficient (Wildman–Crippen LogP) is 1.43. The Morgan fingerprint density at radius 3 is 2.79 bits per heavy atom. The molecule has 4 nitrogen and oxygen atoms in total. The highest BCUT2D eigenvalue weighted by molar-refractivity contribution is 7.84. The van der Waals surface area contributed by atoms with E-state index in [2.05, 4.69) is 0 Å². The molecule has 1 rings (SSSR count). The van der Waals surface area contributed by atoms with E-state index in [4.69, 9.17) is 4.18 Å². The Balaban J connectivity index is 2.48. The van der Waals surface area contributed by atoms with Crippen LogP contribution in [0.2, 0.25) is 0 Å². The van der Waals surface area contributed by atoms with E-state index < -0.39 is 10.3 Å². The second-order valence-corrected chi connectivity index (χ2v) is 4.53. The van der Waals surface area contributed by atoms with Crippen LogP contribution in [0.15, 0.2) is 24.4 Å². The monoisotopic (exact) mass is 217 g/mol. The molecule has 0 fully saturated rings. The van der Waals surface area contributed by atoms with Crippen LogP contribution in [0.4, 0.5) is 0 Å². The van der Waals surface area contributed by atoms with Crippen molar-refractivity contribution in [2.45, 2.75) is 19.8 Å². The molecule has 0 N–H and O–H groups in total. The molecule has 14 heavy (non-hydrogen) atoms. The molecular formula is C9H15NO3S. The summed E-state index contributed by atoms with van der Waals surface area (Å²) in [5.41, 5.74) is 0. The topological polar surface area (TPSA) is 46.6 Å². The van der Waals surface area contributed by atoms with Gasteiger partial charge in [0.05, 0.1) is 13.2 Å². The highest BCUT2D eigenvalue weighted by Gasteiger charge is 2.18. The summed E-state index contributed by atoms with van der Waals surface area (Å²) in [7, 11) is -3.56. The first-order chi connectivity index (χ1) is 6.67. The summed E-state index contributed by atoms with van der Waals surface area (Å²) in [5, 5.41) is 0. The lowest BCUT2D eigenvalue weighted by molar-refractivity contribution is 0.284. The van der Waals surface area contributed by atoms with Crippen LogP contribution in [-0.2, 0) is 14.5 Å². The zero-order valence-corrected chi connectivity index (χ0v) is 9.03. The molecule has 0 aliphatic carbocycles. The first-order valence-corrected chi connectivity index (χ1v) is 6.03. The molecule has 0 aromatic rings. The summed E-state index contributed by atoms with van der Waals surface area (Å²) < 4.78 is 29.0. The fourth-order valence-electron chi connectivity index (χ4n) is 0.992. The second kappa shape index (κ2) is 5.17. The van der Waals surface area contributed by atoms with Crippen molar-refractivity contribution in [2.24, 2.45) is 0 Å². The van der Waals surface area contributed by atoms with E-state index in [-0.39, 0.29) is 6.61 Å². The van der Waals surface area contributed by atoms with E-state index in [1.165, 1.54) is 10.5 Å². The van der Waals surface area contributed by atoms with Crippen LogP contribution in [0.3, 0.4) is 0 Å². The van der Waals surface area contributed by atoms with Crippen molar-refractivity contribution in [1.82, 2.24) is 4.31 Å². The van der Waals surface area contributed by atoms with Crippen LogP contribution in [0.5, 0.6) is 0 Å². The maximum atomic E-state index is 11.5. The van der Waals surface area contributed by atoms with Gasteiger partial charge in [-0.2, -0.15) is 8.42 Å². The van der Waals surface area contributed by atoms with E-state index in [1.807, 2.05) is 6.92 Å². The Morgan fingerprint density at radius 1 is 1.43 bits per heavy atom. The van der Waals surface area contributed by atoms with Gasteiger partial charge in [-0.1, -0.05) is 25.5 Å². The van der Waals surface area contributed by atoms with E-state index in [0.29, 0.717) is 6.54 Å². The molecule has 1 aliphatic rings. The standard InChI is InChI=1S/C9H15NO3S/c1-2-3-9-13-14(11,12)10-7-5-4-6-8-10/h4-7H,2-3,8-9H2,1H3. The summed E-state index contributed by atoms with van der Waals surface area (Å²) >= 11 is 0. The highest BCUT2D eigenvalue weighted by atomic mass is 32.2. The van der Waals surface area contributed by atoms with Gasteiger partial charge in [-0.3, -0.25) is 8.49 Å². The van der Waals surface area contributed by atoms with Crippen LogP contribution in [0, 0.1) is 0 Å². The van der Waals surface area contributed by atoms with E-state index in [0.717, 1.165) is 12.8 Å². The minimum atomic E-state index is -3.56. The second-order valence-electron chi connectivity index (χ2n) is 2.97. The minimum Gasteiger partial charge on any atom is -0.254 e. The number of rotatable bonds is 5. The van der Waals surface area contributed by atoms with Gasteiger partial charge >= 0.3 is 10.3 Å². The molecule has 0 bridgehead atoms. The van der Waals surface area contributed by atoms with Gasteiger partial charge in [0.15, 0.2) is 0 Å². The molecule has 80 valence electrons. The van der Waals surface area contributed by atoms with Gasteiger partial charge in [0.25, 0.3) is 0 Å². The lowest BCUT2D eigenvalue weighted by atomic mass is 10.4. The quantitative estimate of drug-likeness (QED) is 0.654. The normalized spacial score (nSPS) is 16.2. The van der Waals surface area contributed by atoms with E-state index in [1.54, 1.807) is 18.2 Å². The first kappa shape index (κ1) is 11.3. The number of nitrogens with zero attached hydrogens (tertiary/aromatic N) is 1. The minimum absolute atomic E-state index is 0.257. The fourth-order valence-corrected chi connectivity index (χ4v) is 1.94. The molecule has 0 amide bonds. The van der Waals surface area contributed by atoms with Crippen LogP contribution in [0.1, 0.15) is 19.8 Å². The van der Waals surface area contributed by atoms with Gasteiger partial charge < -0.3 is 0 Å². The molecule has 0 aromatic heterocycles. The average Bonchev–Trinajstić information content (AvgIpc) is 2.19. The maximum Gasteiger partial charge on any atom is 0.362 e. The number of unbranched alkanes of at least 4 members (excludes halogenated alkanes) is 1. The van der Waals surface area contributed by atoms with Gasteiger partial charge in [-0.15, -0.1) is 0 Å². The summed E-state index contributed by atoms with van der Waals surface area (Å²) in [6.07, 6.45) is 8.42.